The van der Waals surface area contributed by atoms with E-state index in [-0.39, 0.29) is 0 Å². The number of carbonyl (C=O) groups is 1. The lowest BCUT2D eigenvalue weighted by Gasteiger charge is -2.18. The Morgan fingerprint density at radius 3 is 2.80 bits per heavy atom. The summed E-state index contributed by atoms with van der Waals surface area (Å²) in [7, 11) is 1.60. The number of H-pyrrole nitrogens is 1. The predicted octanol–water partition coefficient (Wildman–Crippen LogP) is 4.09. The van der Waals surface area contributed by atoms with Crippen LogP contribution in [-0.2, 0) is 24.2 Å². The van der Waals surface area contributed by atoms with Crippen molar-refractivity contribution in [1.29, 1.82) is 0 Å². The number of rotatable bonds is 11. The van der Waals surface area contributed by atoms with Gasteiger partial charge in [0, 0.05) is 35.6 Å². The maximum absolute atomic E-state index is 11.9. The van der Waals surface area contributed by atoms with Crippen LogP contribution >= 0.6 is 0 Å². The van der Waals surface area contributed by atoms with Gasteiger partial charge in [-0.3, -0.25) is 4.79 Å². The summed E-state index contributed by atoms with van der Waals surface area (Å²) in [5, 5.41) is 14.0. The quantitative estimate of drug-likeness (QED) is 0.416. The summed E-state index contributed by atoms with van der Waals surface area (Å²) in [4.78, 5) is 15.1. The minimum Gasteiger partial charge on any atom is -0.493 e. The van der Waals surface area contributed by atoms with Crippen LogP contribution in [0.1, 0.15) is 23.6 Å². The molecule has 0 aliphatic heterocycles. The summed E-state index contributed by atoms with van der Waals surface area (Å²) >= 11 is 0. The fraction of sp³-hybridized carbons (Fsp3) is 0.292. The predicted molar refractivity (Wildman–Crippen MR) is 118 cm³/mol. The van der Waals surface area contributed by atoms with Crippen LogP contribution in [0.4, 0.5) is 0 Å². The van der Waals surface area contributed by atoms with Crippen molar-refractivity contribution in [3.63, 3.8) is 0 Å². The molecule has 158 valence electrons. The number of aromatic nitrogens is 1. The molecule has 30 heavy (non-hydrogen) atoms. The van der Waals surface area contributed by atoms with Gasteiger partial charge in [-0.15, -0.1) is 6.58 Å². The Labute approximate surface area is 176 Å². The van der Waals surface area contributed by atoms with Crippen LogP contribution < -0.4 is 14.8 Å². The average Bonchev–Trinajstić information content (AvgIpc) is 3.15. The Hall–Kier alpha value is -3.25. The van der Waals surface area contributed by atoms with E-state index < -0.39 is 12.0 Å². The topological polar surface area (TPSA) is 83.6 Å². The van der Waals surface area contributed by atoms with Crippen molar-refractivity contribution in [1.82, 2.24) is 10.3 Å². The summed E-state index contributed by atoms with van der Waals surface area (Å²) < 4.78 is 11.3. The van der Waals surface area contributed by atoms with Crippen LogP contribution in [0.2, 0.25) is 0 Å². The largest absolute Gasteiger partial charge is 0.493 e. The van der Waals surface area contributed by atoms with Crippen molar-refractivity contribution in [2.75, 3.05) is 13.7 Å². The van der Waals surface area contributed by atoms with E-state index in [4.69, 9.17) is 9.47 Å². The lowest BCUT2D eigenvalue weighted by Crippen LogP contribution is -2.38. The third-order valence-electron chi connectivity index (χ3n) is 5.01. The highest BCUT2D eigenvalue weighted by Gasteiger charge is 2.20. The van der Waals surface area contributed by atoms with Crippen LogP contribution in [0.25, 0.3) is 10.9 Å². The van der Waals surface area contributed by atoms with Crippen LogP contribution in [0.5, 0.6) is 11.5 Å². The summed E-state index contributed by atoms with van der Waals surface area (Å²) in [6, 6.07) is 11.1. The third-order valence-corrected chi connectivity index (χ3v) is 5.01. The number of nitrogens with one attached hydrogen (secondary N) is 2. The molecule has 3 aromatic rings. The lowest BCUT2D eigenvalue weighted by molar-refractivity contribution is -0.139. The molecule has 0 amide bonds. The molecule has 0 aliphatic carbocycles. The average molecular weight is 408 g/mol. The van der Waals surface area contributed by atoms with Crippen LogP contribution in [-0.4, -0.2) is 35.8 Å². The molecule has 1 unspecified atom stereocenters. The van der Waals surface area contributed by atoms with Crippen molar-refractivity contribution in [3.8, 4) is 11.5 Å². The molecule has 0 saturated heterocycles. The first-order valence-corrected chi connectivity index (χ1v) is 10.0. The first-order chi connectivity index (χ1) is 14.6. The van der Waals surface area contributed by atoms with Crippen molar-refractivity contribution < 1.29 is 19.4 Å². The van der Waals surface area contributed by atoms with Crippen LogP contribution in [0.3, 0.4) is 0 Å². The van der Waals surface area contributed by atoms with Gasteiger partial charge < -0.3 is 24.9 Å². The van der Waals surface area contributed by atoms with E-state index >= 15 is 0 Å². The molecule has 0 bridgehead atoms. The standard InChI is InChI=1S/C24H28N2O4/c1-4-8-17-11-16(12-22(29-3)23(17)30-5-2)14-25-21(24(27)28)13-18-15-26-20-10-7-6-9-19(18)20/h4,6-7,9-12,15,21,25-26H,1,5,8,13-14H2,2-3H3,(H,27,28). The first-order valence-electron chi connectivity index (χ1n) is 10.0. The zero-order valence-corrected chi connectivity index (χ0v) is 17.4. The molecule has 1 atom stereocenters. The van der Waals surface area contributed by atoms with Crippen molar-refractivity contribution >= 4 is 16.9 Å². The number of benzene rings is 2. The fourth-order valence-corrected chi connectivity index (χ4v) is 3.60. The number of hydrogen-bond donors (Lipinski definition) is 3. The number of aliphatic carboxylic acids is 1. The molecule has 3 N–H and O–H groups in total. The Balaban J connectivity index is 1.79. The van der Waals surface area contributed by atoms with E-state index in [1.807, 2.05) is 55.6 Å². The second-order valence-corrected chi connectivity index (χ2v) is 7.05. The van der Waals surface area contributed by atoms with E-state index in [0.29, 0.717) is 37.5 Å². The highest BCUT2D eigenvalue weighted by Crippen LogP contribution is 2.33. The van der Waals surface area contributed by atoms with E-state index in [9.17, 15) is 9.90 Å². The molecule has 2 aromatic carbocycles. The zero-order chi connectivity index (χ0) is 21.5. The Morgan fingerprint density at radius 1 is 1.30 bits per heavy atom. The molecule has 0 fully saturated rings. The normalized spacial score (nSPS) is 11.9. The molecule has 0 spiro atoms. The number of carboxylic acid groups (broad SMARTS) is 1. The molecule has 1 aromatic heterocycles. The first kappa shape index (κ1) is 21.5. The Bertz CT molecular complexity index is 1030. The second kappa shape index (κ2) is 9.98. The summed E-state index contributed by atoms with van der Waals surface area (Å²) in [5.41, 5.74) is 3.87. The van der Waals surface area contributed by atoms with Crippen molar-refractivity contribution in [3.05, 3.63) is 71.9 Å². The van der Waals surface area contributed by atoms with Gasteiger partial charge in [0.05, 0.1) is 13.7 Å². The van der Waals surface area contributed by atoms with Gasteiger partial charge in [0.1, 0.15) is 6.04 Å². The van der Waals surface area contributed by atoms with Crippen molar-refractivity contribution in [2.24, 2.45) is 0 Å². The van der Waals surface area contributed by atoms with Crippen molar-refractivity contribution in [2.45, 2.75) is 32.4 Å². The number of fused-ring (bicyclic) bond motifs is 1. The monoisotopic (exact) mass is 408 g/mol. The summed E-state index contributed by atoms with van der Waals surface area (Å²) in [6.07, 6.45) is 4.71. The van der Waals surface area contributed by atoms with Gasteiger partial charge in [0.2, 0.25) is 0 Å². The minimum absolute atomic E-state index is 0.382. The lowest BCUT2D eigenvalue weighted by atomic mass is 10.0. The van der Waals surface area contributed by atoms with Gasteiger partial charge in [-0.1, -0.05) is 30.3 Å². The number of para-hydroxylation sites is 1. The number of aromatic amines is 1. The molecule has 0 aliphatic rings. The molecule has 1 heterocycles. The van der Waals surface area contributed by atoms with Gasteiger partial charge in [-0.05, 0) is 36.6 Å². The number of methoxy groups -OCH3 is 1. The zero-order valence-electron chi connectivity index (χ0n) is 17.4. The maximum Gasteiger partial charge on any atom is 0.321 e. The summed E-state index contributed by atoms with van der Waals surface area (Å²) in [6.45, 7) is 6.67. The SMILES string of the molecule is C=CCc1cc(CNC(Cc2c[nH]c3ccccc23)C(=O)O)cc(OC)c1OCC. The maximum atomic E-state index is 11.9. The van der Waals surface area contributed by atoms with Gasteiger partial charge >= 0.3 is 5.97 Å². The second-order valence-electron chi connectivity index (χ2n) is 7.05. The van der Waals surface area contributed by atoms with Gasteiger partial charge in [0.15, 0.2) is 11.5 Å². The molecular weight excluding hydrogens is 380 g/mol. The summed E-state index contributed by atoms with van der Waals surface area (Å²) in [5.74, 6) is 0.457. The third kappa shape index (κ3) is 4.83. The van der Waals surface area contributed by atoms with Crippen LogP contribution in [0, 0.1) is 0 Å². The molecule has 3 rings (SSSR count). The van der Waals surface area contributed by atoms with E-state index in [2.05, 4.69) is 16.9 Å². The van der Waals surface area contributed by atoms with Gasteiger partial charge in [-0.25, -0.2) is 0 Å². The molecular formula is C24H28N2O4. The Morgan fingerprint density at radius 2 is 2.10 bits per heavy atom. The van der Waals surface area contributed by atoms with Gasteiger partial charge in [0.25, 0.3) is 0 Å². The van der Waals surface area contributed by atoms with Gasteiger partial charge in [-0.2, -0.15) is 0 Å². The van der Waals surface area contributed by atoms with Crippen LogP contribution in [0.15, 0.2) is 55.3 Å². The highest BCUT2D eigenvalue weighted by atomic mass is 16.5. The molecule has 0 radical (unpaired) electrons. The number of allylic oxidation sites excluding steroid dienone is 1. The Kier molecular flexibility index (Phi) is 7.14. The smallest absolute Gasteiger partial charge is 0.321 e. The molecule has 6 heteroatoms. The van der Waals surface area contributed by atoms with E-state index in [1.54, 1.807) is 7.11 Å². The van der Waals surface area contributed by atoms with E-state index in [1.165, 1.54) is 0 Å². The fourth-order valence-electron chi connectivity index (χ4n) is 3.60. The highest BCUT2D eigenvalue weighted by molar-refractivity contribution is 5.84. The number of ether oxygens (including phenoxy) is 2. The molecule has 6 nitrogen and oxygen atoms in total. The van der Waals surface area contributed by atoms with E-state index in [0.717, 1.165) is 27.6 Å². The number of hydrogen-bond acceptors (Lipinski definition) is 4. The molecule has 0 saturated carbocycles. The minimum atomic E-state index is -0.885. The number of carboxylic acids is 1.